The molecule has 1 aliphatic rings. The van der Waals surface area contributed by atoms with Crippen LogP contribution in [-0.4, -0.2) is 62.6 Å². The Morgan fingerprint density at radius 3 is 1.53 bits per heavy atom. The van der Waals surface area contributed by atoms with Gasteiger partial charge in [0.1, 0.15) is 25.4 Å². The number of amides is 2. The molecule has 10 heteroatoms. The van der Waals surface area contributed by atoms with Crippen molar-refractivity contribution in [3.63, 3.8) is 0 Å². The average molecular weight is 483 g/mol. The summed E-state index contributed by atoms with van der Waals surface area (Å²) in [4.78, 5) is 46.8. The van der Waals surface area contributed by atoms with Crippen LogP contribution in [0.4, 0.5) is 9.59 Å². The quantitative estimate of drug-likeness (QED) is 0.246. The maximum Gasteiger partial charge on any atom is 0.407 e. The second-order valence-corrected chi connectivity index (χ2v) is 8.85. The van der Waals surface area contributed by atoms with Crippen LogP contribution in [0.25, 0.3) is 0 Å². The molecule has 2 N–H and O–H groups in total. The molecule has 1 saturated carbocycles. The van der Waals surface area contributed by atoms with Crippen molar-refractivity contribution in [3.05, 3.63) is 24.3 Å². The molecular formula is C24H38N2O8. The predicted octanol–water partition coefficient (Wildman–Crippen LogP) is 3.26. The molecule has 0 bridgehead atoms. The highest BCUT2D eigenvalue weighted by molar-refractivity contribution is 5.87. The number of ether oxygens (including phenoxy) is 4. The predicted molar refractivity (Wildman–Crippen MR) is 125 cm³/mol. The van der Waals surface area contributed by atoms with Gasteiger partial charge in [0.25, 0.3) is 0 Å². The number of rotatable bonds is 12. The van der Waals surface area contributed by atoms with Gasteiger partial charge < -0.3 is 29.6 Å². The van der Waals surface area contributed by atoms with E-state index < -0.39 is 36.3 Å². The summed E-state index contributed by atoms with van der Waals surface area (Å²) in [5, 5.41) is 5.49. The molecule has 0 radical (unpaired) electrons. The van der Waals surface area contributed by atoms with Crippen LogP contribution in [0, 0.1) is 11.8 Å². The van der Waals surface area contributed by atoms with Gasteiger partial charge in [0.2, 0.25) is 0 Å². The molecule has 4 atom stereocenters. The van der Waals surface area contributed by atoms with Gasteiger partial charge in [-0.25, -0.2) is 19.2 Å². The number of carbonyl (C=O) groups excluding carboxylic acids is 4. The topological polar surface area (TPSA) is 129 Å². The van der Waals surface area contributed by atoms with Gasteiger partial charge in [-0.3, -0.25) is 0 Å². The van der Waals surface area contributed by atoms with Crippen molar-refractivity contribution in [1.29, 1.82) is 0 Å². The summed E-state index contributed by atoms with van der Waals surface area (Å²) in [6, 6.07) is 0. The third-order valence-corrected chi connectivity index (χ3v) is 5.17. The largest absolute Gasteiger partial charge is 0.456 e. The Kier molecular flexibility index (Phi) is 12.8. The normalized spacial score (nSPS) is 19.1. The van der Waals surface area contributed by atoms with E-state index in [0.29, 0.717) is 13.1 Å². The van der Waals surface area contributed by atoms with Gasteiger partial charge in [-0.1, -0.05) is 19.6 Å². The second-order valence-electron chi connectivity index (χ2n) is 8.85. The van der Waals surface area contributed by atoms with Gasteiger partial charge in [-0.15, -0.1) is 0 Å². The highest BCUT2D eigenvalue weighted by Crippen LogP contribution is 2.28. The summed E-state index contributed by atoms with van der Waals surface area (Å²) in [7, 11) is 0. The lowest BCUT2D eigenvalue weighted by Gasteiger charge is -2.29. The van der Waals surface area contributed by atoms with E-state index in [1.165, 1.54) is 0 Å². The number of alkyl carbamates (subject to hydrolysis) is 2. The van der Waals surface area contributed by atoms with Gasteiger partial charge in [-0.2, -0.15) is 0 Å². The fourth-order valence-corrected chi connectivity index (χ4v) is 3.35. The number of hydrogen-bond donors (Lipinski definition) is 2. The smallest absolute Gasteiger partial charge is 0.407 e. The first-order chi connectivity index (χ1) is 16.0. The first kappa shape index (κ1) is 29.0. The van der Waals surface area contributed by atoms with Crippen molar-refractivity contribution in [1.82, 2.24) is 10.6 Å². The maximum absolute atomic E-state index is 11.9. The van der Waals surface area contributed by atoms with E-state index in [2.05, 4.69) is 23.8 Å². The number of nitrogens with one attached hydrogen (secondary N) is 2. The fraction of sp³-hybridized carbons (Fsp3) is 0.667. The van der Waals surface area contributed by atoms with Gasteiger partial charge in [0.15, 0.2) is 0 Å². The Morgan fingerprint density at radius 2 is 1.18 bits per heavy atom. The molecule has 1 aliphatic carbocycles. The molecule has 1 fully saturated rings. The van der Waals surface area contributed by atoms with Crippen LogP contribution in [0.15, 0.2) is 24.3 Å². The molecule has 1 rings (SSSR count). The van der Waals surface area contributed by atoms with Crippen molar-refractivity contribution in [2.45, 2.75) is 65.6 Å². The lowest BCUT2D eigenvalue weighted by molar-refractivity contribution is -0.146. The standard InChI is InChI=1S/C24H38N2O8/c1-15(2)21(27)33-17(5)13-31-23(29)25-11-19-8-7-9-20(10-19)12-26-24(30)32-14-18(6)34-22(28)16(3)4/h17-20H,1,3,7-14H2,2,4-6H3,(H,25,29)(H,26,30). The molecular weight excluding hydrogens is 444 g/mol. The second kappa shape index (κ2) is 15.0. The third kappa shape index (κ3) is 12.3. The van der Waals surface area contributed by atoms with Gasteiger partial charge in [0, 0.05) is 24.2 Å². The molecule has 2 amide bonds. The van der Waals surface area contributed by atoms with Crippen molar-refractivity contribution in [2.75, 3.05) is 26.3 Å². The summed E-state index contributed by atoms with van der Waals surface area (Å²) in [6.45, 7) is 14.2. The molecule has 0 aliphatic heterocycles. The fourth-order valence-electron chi connectivity index (χ4n) is 3.35. The number of esters is 2. The SMILES string of the molecule is C=C(C)C(=O)OC(C)COC(=O)NCC1CCCC(CNC(=O)OCC(C)OC(=O)C(=C)C)C1. The van der Waals surface area contributed by atoms with Crippen molar-refractivity contribution in [2.24, 2.45) is 11.8 Å². The molecule has 0 aromatic rings. The van der Waals surface area contributed by atoms with Crippen LogP contribution in [0.3, 0.4) is 0 Å². The highest BCUT2D eigenvalue weighted by atomic mass is 16.6. The molecule has 10 nitrogen and oxygen atoms in total. The summed E-state index contributed by atoms with van der Waals surface area (Å²) >= 11 is 0. The van der Waals surface area contributed by atoms with E-state index in [9.17, 15) is 19.2 Å². The van der Waals surface area contributed by atoms with E-state index in [1.54, 1.807) is 27.7 Å². The van der Waals surface area contributed by atoms with E-state index in [4.69, 9.17) is 18.9 Å². The van der Waals surface area contributed by atoms with Gasteiger partial charge in [0.05, 0.1) is 0 Å². The summed E-state index contributed by atoms with van der Waals surface area (Å²) in [5.74, 6) is -0.514. The monoisotopic (exact) mass is 482 g/mol. The van der Waals surface area contributed by atoms with E-state index in [1.807, 2.05) is 0 Å². The molecule has 192 valence electrons. The molecule has 0 spiro atoms. The molecule has 0 aromatic heterocycles. The van der Waals surface area contributed by atoms with Crippen LogP contribution in [0.2, 0.25) is 0 Å². The minimum absolute atomic E-state index is 0.0464. The first-order valence-corrected chi connectivity index (χ1v) is 11.5. The molecule has 0 aromatic carbocycles. The van der Waals surface area contributed by atoms with Crippen LogP contribution in [0.5, 0.6) is 0 Å². The highest BCUT2D eigenvalue weighted by Gasteiger charge is 2.23. The molecule has 34 heavy (non-hydrogen) atoms. The minimum Gasteiger partial charge on any atom is -0.456 e. The number of carbonyl (C=O) groups is 4. The van der Waals surface area contributed by atoms with Crippen molar-refractivity contribution in [3.8, 4) is 0 Å². The van der Waals surface area contributed by atoms with E-state index >= 15 is 0 Å². The van der Waals surface area contributed by atoms with E-state index in [-0.39, 0.29) is 36.2 Å². The Balaban J connectivity index is 2.23. The molecule has 0 heterocycles. The van der Waals surface area contributed by atoms with Crippen molar-refractivity contribution >= 4 is 24.1 Å². The Morgan fingerprint density at radius 1 is 0.794 bits per heavy atom. The zero-order valence-electron chi connectivity index (χ0n) is 20.6. The summed E-state index contributed by atoms with van der Waals surface area (Å²) in [6.07, 6.45) is 1.51. The van der Waals surface area contributed by atoms with Gasteiger partial charge >= 0.3 is 24.1 Å². The number of hydrogen-bond acceptors (Lipinski definition) is 8. The Hall–Kier alpha value is -3.04. The van der Waals surface area contributed by atoms with Crippen molar-refractivity contribution < 1.29 is 38.1 Å². The molecule has 0 saturated heterocycles. The van der Waals surface area contributed by atoms with Crippen LogP contribution < -0.4 is 10.6 Å². The summed E-state index contributed by atoms with van der Waals surface area (Å²) < 4.78 is 20.3. The third-order valence-electron chi connectivity index (χ3n) is 5.17. The first-order valence-electron chi connectivity index (χ1n) is 11.5. The van der Waals surface area contributed by atoms with Crippen LogP contribution >= 0.6 is 0 Å². The Bertz CT molecular complexity index is 691. The van der Waals surface area contributed by atoms with E-state index in [0.717, 1.165) is 25.7 Å². The minimum atomic E-state index is -0.569. The van der Waals surface area contributed by atoms with Crippen LogP contribution in [0.1, 0.15) is 53.4 Å². The van der Waals surface area contributed by atoms with Gasteiger partial charge in [-0.05, 0) is 58.8 Å². The lowest BCUT2D eigenvalue weighted by atomic mass is 9.81. The lowest BCUT2D eigenvalue weighted by Crippen LogP contribution is -2.37. The maximum atomic E-state index is 11.9. The average Bonchev–Trinajstić information content (AvgIpc) is 2.78. The Labute approximate surface area is 201 Å². The summed E-state index contributed by atoms with van der Waals surface area (Å²) in [5.41, 5.74) is 0.564. The zero-order valence-corrected chi connectivity index (χ0v) is 20.6. The zero-order chi connectivity index (χ0) is 25.7. The molecule has 4 unspecified atom stereocenters. The van der Waals surface area contributed by atoms with Crippen LogP contribution in [-0.2, 0) is 28.5 Å².